The summed E-state index contributed by atoms with van der Waals surface area (Å²) in [6, 6.07) is 18.6. The zero-order valence-electron chi connectivity index (χ0n) is 12.9. The van der Waals surface area contributed by atoms with E-state index in [1.807, 2.05) is 79.7 Å². The van der Waals surface area contributed by atoms with Crippen molar-refractivity contribution in [2.45, 2.75) is 19.1 Å². The van der Waals surface area contributed by atoms with Crippen molar-refractivity contribution in [1.29, 1.82) is 0 Å². The van der Waals surface area contributed by atoms with Crippen LogP contribution in [-0.2, 0) is 9.40 Å². The summed E-state index contributed by atoms with van der Waals surface area (Å²) in [5.74, 6) is 0. The summed E-state index contributed by atoms with van der Waals surface area (Å²) < 4.78 is 14.1. The first-order valence-electron chi connectivity index (χ1n) is 7.63. The van der Waals surface area contributed by atoms with E-state index in [1.54, 1.807) is 4.83 Å². The monoisotopic (exact) mass is 329 g/mol. The molecule has 0 spiro atoms. The highest BCUT2D eigenvalue weighted by Crippen LogP contribution is 2.50. The Hall–Kier alpha value is -1.71. The van der Waals surface area contributed by atoms with Crippen molar-refractivity contribution in [2.24, 2.45) is 0 Å². The number of hydroxylamine groups is 1. The van der Waals surface area contributed by atoms with Crippen LogP contribution in [0.15, 0.2) is 72.8 Å². The fourth-order valence-corrected chi connectivity index (χ4v) is 5.43. The Kier molecular flexibility index (Phi) is 4.79. The highest BCUT2D eigenvalue weighted by Gasteiger charge is 2.40. The Balaban J connectivity index is 2.14. The molecule has 0 saturated heterocycles. The van der Waals surface area contributed by atoms with E-state index in [0.717, 1.165) is 0 Å². The van der Waals surface area contributed by atoms with Gasteiger partial charge in [-0.2, -0.15) is 0 Å². The molecule has 5 heteroatoms. The van der Waals surface area contributed by atoms with Crippen LogP contribution in [-0.4, -0.2) is 28.7 Å². The van der Waals surface area contributed by atoms with Crippen molar-refractivity contribution in [3.8, 4) is 0 Å². The van der Waals surface area contributed by atoms with Crippen molar-refractivity contribution in [3.63, 3.8) is 0 Å². The number of rotatable bonds is 4. The second-order valence-corrected chi connectivity index (χ2v) is 8.08. The average molecular weight is 329 g/mol. The minimum atomic E-state index is -3.16. The first-order chi connectivity index (χ1) is 11.2. The Morgan fingerprint density at radius 3 is 2.00 bits per heavy atom. The molecule has 0 fully saturated rings. The molecule has 0 aromatic heterocycles. The molecule has 1 heterocycles. The lowest BCUT2D eigenvalue weighted by Crippen LogP contribution is -2.42. The topological polar surface area (TPSA) is 49.8 Å². The number of aliphatic hydroxyl groups is 1. The van der Waals surface area contributed by atoms with Gasteiger partial charge in [-0.15, -0.1) is 4.83 Å². The van der Waals surface area contributed by atoms with Gasteiger partial charge in [0.15, 0.2) is 0 Å². The van der Waals surface area contributed by atoms with Crippen LogP contribution in [0.2, 0.25) is 0 Å². The summed E-state index contributed by atoms with van der Waals surface area (Å²) in [5, 5.41) is 10.8. The smallest absolute Gasteiger partial charge is 0.229 e. The van der Waals surface area contributed by atoms with Crippen LogP contribution in [0.3, 0.4) is 0 Å². The van der Waals surface area contributed by atoms with Crippen molar-refractivity contribution >= 4 is 17.9 Å². The van der Waals surface area contributed by atoms with Crippen LogP contribution in [0.25, 0.3) is 0 Å². The first-order valence-corrected chi connectivity index (χ1v) is 9.29. The van der Waals surface area contributed by atoms with E-state index in [4.69, 9.17) is 4.84 Å². The van der Waals surface area contributed by atoms with Crippen LogP contribution in [0.1, 0.15) is 6.92 Å². The van der Waals surface area contributed by atoms with E-state index < -0.39 is 13.4 Å². The number of hydrogen-bond donors (Lipinski definition) is 1. The van der Waals surface area contributed by atoms with Gasteiger partial charge in [-0.3, -0.25) is 9.40 Å². The van der Waals surface area contributed by atoms with Crippen LogP contribution < -0.4 is 10.6 Å². The summed E-state index contributed by atoms with van der Waals surface area (Å²) >= 11 is 0. The van der Waals surface area contributed by atoms with Gasteiger partial charge in [0, 0.05) is 10.6 Å². The normalized spacial score (nSPS) is 22.2. The Bertz CT molecular complexity index is 674. The largest absolute Gasteiger partial charge is 0.393 e. The van der Waals surface area contributed by atoms with E-state index in [2.05, 4.69) is 0 Å². The minimum Gasteiger partial charge on any atom is -0.393 e. The highest BCUT2D eigenvalue weighted by atomic mass is 31.2. The van der Waals surface area contributed by atoms with Crippen LogP contribution in [0.5, 0.6) is 0 Å². The molecule has 3 rings (SSSR count). The molecule has 2 aromatic carbocycles. The van der Waals surface area contributed by atoms with E-state index in [0.29, 0.717) is 10.6 Å². The summed E-state index contributed by atoms with van der Waals surface area (Å²) in [5.41, 5.74) is 0. The molecule has 2 aromatic rings. The van der Waals surface area contributed by atoms with Crippen molar-refractivity contribution in [1.82, 2.24) is 4.83 Å². The third-order valence-corrected chi connectivity index (χ3v) is 6.88. The average Bonchev–Trinajstić information content (AvgIpc) is 2.63. The number of benzene rings is 2. The van der Waals surface area contributed by atoms with E-state index in [1.165, 1.54) is 0 Å². The molecule has 120 valence electrons. The SMILES string of the molecule is CC1C=CC(CO)ON1P(=O)(c1ccccc1)c1ccccc1. The lowest BCUT2D eigenvalue weighted by Gasteiger charge is -2.38. The Morgan fingerprint density at radius 2 is 1.52 bits per heavy atom. The van der Waals surface area contributed by atoms with E-state index in [9.17, 15) is 9.67 Å². The molecular formula is C18H20NO3P. The van der Waals surface area contributed by atoms with Gasteiger partial charge >= 0.3 is 0 Å². The second kappa shape index (κ2) is 6.81. The van der Waals surface area contributed by atoms with Crippen LogP contribution >= 0.6 is 7.29 Å². The molecule has 23 heavy (non-hydrogen) atoms. The lowest BCUT2D eigenvalue weighted by molar-refractivity contribution is -0.148. The van der Waals surface area contributed by atoms with Crippen LogP contribution in [0.4, 0.5) is 0 Å². The van der Waals surface area contributed by atoms with E-state index >= 15 is 0 Å². The van der Waals surface area contributed by atoms with E-state index in [-0.39, 0.29) is 12.6 Å². The summed E-state index contributed by atoms with van der Waals surface area (Å²) in [6.45, 7) is 1.78. The van der Waals surface area contributed by atoms with Gasteiger partial charge in [0.25, 0.3) is 0 Å². The van der Waals surface area contributed by atoms with Crippen molar-refractivity contribution < 1.29 is 14.5 Å². The standard InChI is InChI=1S/C18H20NO3P/c1-15-12-13-16(14-20)22-19(15)23(21,17-8-4-2-5-9-17)18-10-6-3-7-11-18/h2-13,15-16,20H,14H2,1H3. The zero-order chi connectivity index (χ0) is 16.3. The molecule has 0 radical (unpaired) electrons. The number of hydrogen-bond acceptors (Lipinski definition) is 3. The number of aliphatic hydroxyl groups excluding tert-OH is 1. The van der Waals surface area contributed by atoms with Gasteiger partial charge in [0.1, 0.15) is 6.10 Å². The third-order valence-electron chi connectivity index (χ3n) is 3.87. The molecule has 2 atom stereocenters. The highest BCUT2D eigenvalue weighted by molar-refractivity contribution is 7.76. The molecule has 1 aliphatic rings. The fourth-order valence-electron chi connectivity index (χ4n) is 2.68. The third kappa shape index (κ3) is 3.04. The quantitative estimate of drug-likeness (QED) is 0.692. The molecule has 2 unspecified atom stereocenters. The summed E-state index contributed by atoms with van der Waals surface area (Å²) in [6.07, 6.45) is 3.25. The minimum absolute atomic E-state index is 0.150. The van der Waals surface area contributed by atoms with Gasteiger partial charge < -0.3 is 5.11 Å². The molecule has 0 aliphatic carbocycles. The van der Waals surface area contributed by atoms with Gasteiger partial charge in [-0.1, -0.05) is 48.6 Å². The summed E-state index contributed by atoms with van der Waals surface area (Å²) in [7, 11) is -3.16. The molecule has 0 amide bonds. The fraction of sp³-hybridized carbons (Fsp3) is 0.222. The Labute approximate surface area is 136 Å². The van der Waals surface area contributed by atoms with Gasteiger partial charge in [0.05, 0.1) is 12.6 Å². The van der Waals surface area contributed by atoms with Crippen molar-refractivity contribution in [3.05, 3.63) is 72.8 Å². The zero-order valence-corrected chi connectivity index (χ0v) is 13.8. The maximum absolute atomic E-state index is 14.1. The molecule has 0 bridgehead atoms. The molecule has 4 nitrogen and oxygen atoms in total. The van der Waals surface area contributed by atoms with Gasteiger partial charge in [0.2, 0.25) is 7.29 Å². The predicted octanol–water partition coefficient (Wildman–Crippen LogP) is 2.47. The van der Waals surface area contributed by atoms with Crippen molar-refractivity contribution in [2.75, 3.05) is 6.61 Å². The maximum atomic E-state index is 14.1. The number of nitrogens with zero attached hydrogens (tertiary/aromatic N) is 1. The summed E-state index contributed by atoms with van der Waals surface area (Å²) in [4.78, 5) is 7.41. The Morgan fingerprint density at radius 1 is 1.00 bits per heavy atom. The second-order valence-electron chi connectivity index (χ2n) is 5.50. The maximum Gasteiger partial charge on any atom is 0.229 e. The molecule has 0 saturated carbocycles. The van der Waals surface area contributed by atoms with Gasteiger partial charge in [-0.05, 0) is 31.2 Å². The van der Waals surface area contributed by atoms with Crippen LogP contribution in [0, 0.1) is 0 Å². The lowest BCUT2D eigenvalue weighted by atomic mass is 10.2. The molecular weight excluding hydrogens is 309 g/mol. The first kappa shape index (κ1) is 16.2. The van der Waals surface area contributed by atoms with Gasteiger partial charge in [-0.25, -0.2) is 0 Å². The molecule has 1 N–H and O–H groups in total. The predicted molar refractivity (Wildman–Crippen MR) is 92.2 cm³/mol. The molecule has 1 aliphatic heterocycles.